The number of non-ortho nitro benzene ring substituents is 1. The van der Waals surface area contributed by atoms with Crippen LogP contribution >= 0.6 is 12.4 Å². The Kier molecular flexibility index (Phi) is 5.22. The third kappa shape index (κ3) is 4.06. The molecule has 8 heteroatoms. The normalized spacial score (nSPS) is 9.80. The van der Waals surface area contributed by atoms with Crippen LogP contribution in [0.5, 0.6) is 0 Å². The summed E-state index contributed by atoms with van der Waals surface area (Å²) in [5.74, 6) is -0.930. The minimum absolute atomic E-state index is 0. The van der Waals surface area contributed by atoms with Crippen LogP contribution in [0.15, 0.2) is 36.8 Å². The zero-order chi connectivity index (χ0) is 13.8. The minimum atomic E-state index is -0.930. The first-order valence-electron chi connectivity index (χ1n) is 5.50. The Balaban J connectivity index is 0.00000200. The molecule has 0 aliphatic carbocycles. The summed E-state index contributed by atoms with van der Waals surface area (Å²) in [5.41, 5.74) is 1.40. The lowest BCUT2D eigenvalue weighted by molar-refractivity contribution is -0.384. The summed E-state index contributed by atoms with van der Waals surface area (Å²) in [6, 6.07) is 6.19. The Labute approximate surface area is 120 Å². The Morgan fingerprint density at radius 1 is 1.35 bits per heavy atom. The first-order chi connectivity index (χ1) is 9.04. The molecule has 0 spiro atoms. The van der Waals surface area contributed by atoms with Crippen LogP contribution in [0.4, 0.5) is 5.69 Å². The number of benzene rings is 1. The van der Waals surface area contributed by atoms with Crippen LogP contribution in [-0.2, 0) is 17.8 Å². The van der Waals surface area contributed by atoms with Gasteiger partial charge in [-0.1, -0.05) is 12.1 Å². The molecule has 0 aliphatic heterocycles. The molecular formula is C12H12ClN3O4. The van der Waals surface area contributed by atoms with Gasteiger partial charge in [-0.05, 0) is 5.56 Å². The van der Waals surface area contributed by atoms with Gasteiger partial charge in [0, 0.05) is 24.9 Å². The molecule has 1 aromatic heterocycles. The molecule has 0 fully saturated rings. The van der Waals surface area contributed by atoms with Crippen LogP contribution in [0.1, 0.15) is 11.3 Å². The highest BCUT2D eigenvalue weighted by molar-refractivity contribution is 5.85. The van der Waals surface area contributed by atoms with Crippen molar-refractivity contribution in [1.29, 1.82) is 0 Å². The maximum Gasteiger partial charge on any atom is 0.309 e. The quantitative estimate of drug-likeness (QED) is 0.671. The number of hydrogen-bond donors (Lipinski definition) is 1. The van der Waals surface area contributed by atoms with E-state index in [2.05, 4.69) is 4.98 Å². The van der Waals surface area contributed by atoms with Crippen molar-refractivity contribution in [1.82, 2.24) is 9.55 Å². The molecule has 0 radical (unpaired) electrons. The molecule has 7 nitrogen and oxygen atoms in total. The van der Waals surface area contributed by atoms with E-state index in [0.29, 0.717) is 12.2 Å². The number of carboxylic acids is 1. The molecule has 2 rings (SSSR count). The van der Waals surface area contributed by atoms with Gasteiger partial charge >= 0.3 is 5.97 Å². The maximum atomic E-state index is 10.5. The highest BCUT2D eigenvalue weighted by Gasteiger charge is 2.06. The summed E-state index contributed by atoms with van der Waals surface area (Å²) in [6.45, 7) is 0.491. The molecule has 0 amide bonds. The van der Waals surface area contributed by atoms with Crippen LogP contribution in [-0.4, -0.2) is 25.6 Å². The van der Waals surface area contributed by atoms with Crippen molar-refractivity contribution in [2.75, 3.05) is 0 Å². The predicted octanol–water partition coefficient (Wildman–Crippen LogP) is 1.89. The lowest BCUT2D eigenvalue weighted by Crippen LogP contribution is -2.00. The summed E-state index contributed by atoms with van der Waals surface area (Å²) in [7, 11) is 0. The van der Waals surface area contributed by atoms with Gasteiger partial charge in [-0.25, -0.2) is 4.98 Å². The average molecular weight is 298 g/mol. The van der Waals surface area contributed by atoms with E-state index < -0.39 is 10.9 Å². The molecule has 2 aromatic rings. The molecule has 0 unspecified atom stereocenters. The molecular weight excluding hydrogens is 286 g/mol. The number of aromatic nitrogens is 2. The number of rotatable bonds is 5. The summed E-state index contributed by atoms with van der Waals surface area (Å²) in [4.78, 5) is 24.6. The van der Waals surface area contributed by atoms with Crippen molar-refractivity contribution in [3.63, 3.8) is 0 Å². The Bertz CT molecular complexity index is 609. The van der Waals surface area contributed by atoms with Crippen molar-refractivity contribution in [2.24, 2.45) is 0 Å². The summed E-state index contributed by atoms with van der Waals surface area (Å²) >= 11 is 0. The highest BCUT2D eigenvalue weighted by atomic mass is 35.5. The van der Waals surface area contributed by atoms with Crippen molar-refractivity contribution in [3.05, 3.63) is 58.2 Å². The van der Waals surface area contributed by atoms with Crippen LogP contribution in [0.25, 0.3) is 0 Å². The molecule has 0 atom stereocenters. The highest BCUT2D eigenvalue weighted by Crippen LogP contribution is 2.13. The molecule has 106 valence electrons. The molecule has 0 aliphatic rings. The van der Waals surface area contributed by atoms with Crippen molar-refractivity contribution in [3.8, 4) is 0 Å². The number of carboxylic acid groups (broad SMARTS) is 1. The second-order valence-corrected chi connectivity index (χ2v) is 4.03. The second-order valence-electron chi connectivity index (χ2n) is 4.03. The van der Waals surface area contributed by atoms with E-state index in [9.17, 15) is 14.9 Å². The molecule has 0 bridgehead atoms. The van der Waals surface area contributed by atoms with Crippen LogP contribution in [0.2, 0.25) is 0 Å². The predicted molar refractivity (Wildman–Crippen MR) is 73.0 cm³/mol. The molecule has 0 saturated carbocycles. The van der Waals surface area contributed by atoms with Gasteiger partial charge in [-0.2, -0.15) is 0 Å². The topological polar surface area (TPSA) is 98.3 Å². The lowest BCUT2D eigenvalue weighted by Gasteiger charge is -2.01. The number of nitro groups is 1. The number of hydrogen-bond acceptors (Lipinski definition) is 4. The fourth-order valence-electron chi connectivity index (χ4n) is 1.67. The Hall–Kier alpha value is -2.41. The smallest absolute Gasteiger partial charge is 0.309 e. The van der Waals surface area contributed by atoms with E-state index in [4.69, 9.17) is 5.11 Å². The first-order valence-corrected chi connectivity index (χ1v) is 5.50. The molecule has 20 heavy (non-hydrogen) atoms. The third-order valence-corrected chi connectivity index (χ3v) is 2.53. The standard InChI is InChI=1S/C12H11N3O4.ClH/c16-12(17)5-10-7-14(8-13-10)6-9-1-3-11(4-2-9)15(18)19;/h1-4,7-8H,5-6H2,(H,16,17);1H. The van der Waals surface area contributed by atoms with E-state index in [1.807, 2.05) is 0 Å². The van der Waals surface area contributed by atoms with Crippen molar-refractivity contribution < 1.29 is 14.8 Å². The molecule has 0 saturated heterocycles. The van der Waals surface area contributed by atoms with E-state index in [-0.39, 0.29) is 24.5 Å². The van der Waals surface area contributed by atoms with Gasteiger partial charge in [0.05, 0.1) is 23.4 Å². The number of nitrogens with zero attached hydrogens (tertiary/aromatic N) is 3. The summed E-state index contributed by atoms with van der Waals surface area (Å²) in [5, 5.41) is 19.1. The number of imidazole rings is 1. The zero-order valence-electron chi connectivity index (χ0n) is 10.3. The Morgan fingerprint density at radius 2 is 2.00 bits per heavy atom. The molecule has 1 aromatic carbocycles. The van der Waals surface area contributed by atoms with Gasteiger partial charge < -0.3 is 9.67 Å². The fourth-order valence-corrected chi connectivity index (χ4v) is 1.67. The SMILES string of the molecule is Cl.O=C(O)Cc1cn(Cc2ccc([N+](=O)[O-])cc2)cn1. The summed E-state index contributed by atoms with van der Waals surface area (Å²) < 4.78 is 1.74. The maximum absolute atomic E-state index is 10.5. The number of aliphatic carboxylic acids is 1. The first kappa shape index (κ1) is 15.6. The minimum Gasteiger partial charge on any atom is -0.481 e. The van der Waals surface area contributed by atoms with Crippen molar-refractivity contribution >= 4 is 24.1 Å². The molecule has 1 heterocycles. The van der Waals surface area contributed by atoms with E-state index in [0.717, 1.165) is 5.56 Å². The van der Waals surface area contributed by atoms with Crippen molar-refractivity contribution in [2.45, 2.75) is 13.0 Å². The zero-order valence-corrected chi connectivity index (χ0v) is 11.1. The van der Waals surface area contributed by atoms with Gasteiger partial charge in [0.1, 0.15) is 0 Å². The van der Waals surface area contributed by atoms with Gasteiger partial charge in [-0.3, -0.25) is 14.9 Å². The second kappa shape index (κ2) is 6.67. The van der Waals surface area contributed by atoms with Crippen LogP contribution in [0.3, 0.4) is 0 Å². The van der Waals surface area contributed by atoms with E-state index in [1.54, 1.807) is 29.2 Å². The summed E-state index contributed by atoms with van der Waals surface area (Å²) in [6.07, 6.45) is 3.07. The number of carbonyl (C=O) groups is 1. The van der Waals surface area contributed by atoms with Crippen LogP contribution < -0.4 is 0 Å². The van der Waals surface area contributed by atoms with Crippen LogP contribution in [0, 0.1) is 10.1 Å². The van der Waals surface area contributed by atoms with E-state index >= 15 is 0 Å². The third-order valence-electron chi connectivity index (χ3n) is 2.53. The average Bonchev–Trinajstić information content (AvgIpc) is 2.76. The largest absolute Gasteiger partial charge is 0.481 e. The number of halogens is 1. The van der Waals surface area contributed by atoms with Gasteiger partial charge in [0.15, 0.2) is 0 Å². The Morgan fingerprint density at radius 3 is 2.55 bits per heavy atom. The molecule has 1 N–H and O–H groups in total. The lowest BCUT2D eigenvalue weighted by atomic mass is 10.2. The van der Waals surface area contributed by atoms with E-state index in [1.165, 1.54) is 12.1 Å². The van der Waals surface area contributed by atoms with Gasteiger partial charge in [0.25, 0.3) is 5.69 Å². The van der Waals surface area contributed by atoms with Gasteiger partial charge in [-0.15, -0.1) is 12.4 Å². The van der Waals surface area contributed by atoms with Gasteiger partial charge in [0.2, 0.25) is 0 Å². The number of nitro benzene ring substituents is 1. The monoisotopic (exact) mass is 297 g/mol. The fraction of sp³-hybridized carbons (Fsp3) is 0.167.